The number of anilines is 1. The van der Waals surface area contributed by atoms with Crippen molar-refractivity contribution in [3.63, 3.8) is 0 Å². The van der Waals surface area contributed by atoms with E-state index >= 15 is 0 Å². The van der Waals surface area contributed by atoms with Crippen LogP contribution in [-0.2, 0) is 6.42 Å². The van der Waals surface area contributed by atoms with Gasteiger partial charge >= 0.3 is 0 Å². The van der Waals surface area contributed by atoms with E-state index in [0.717, 1.165) is 12.8 Å². The van der Waals surface area contributed by atoms with Crippen LogP contribution in [0.5, 0.6) is 0 Å². The second-order valence-corrected chi connectivity index (χ2v) is 6.49. The molecule has 2 aromatic carbocycles. The highest BCUT2D eigenvalue weighted by molar-refractivity contribution is 8.01. The van der Waals surface area contributed by atoms with Crippen LogP contribution in [0.1, 0.15) is 18.9 Å². The minimum absolute atomic E-state index is 0.158. The van der Waals surface area contributed by atoms with Crippen molar-refractivity contribution < 1.29 is 0 Å². The van der Waals surface area contributed by atoms with Crippen molar-refractivity contribution in [2.45, 2.75) is 29.5 Å². The number of thioether (sulfide) groups is 1. The zero-order chi connectivity index (χ0) is 13.3. The number of rotatable bonds is 3. The van der Waals surface area contributed by atoms with Crippen molar-refractivity contribution in [1.82, 2.24) is 0 Å². The second kappa shape index (κ2) is 4.93. The molecule has 0 saturated carbocycles. The number of hydrogen-bond acceptors (Lipinski definition) is 2. The summed E-state index contributed by atoms with van der Waals surface area (Å²) in [6.45, 7) is 2.29. The third-order valence-corrected chi connectivity index (χ3v) is 5.67. The van der Waals surface area contributed by atoms with Gasteiger partial charge in [-0.05, 0) is 24.1 Å². The first-order chi connectivity index (χ1) is 9.25. The first kappa shape index (κ1) is 12.6. The standard InChI is InChI=1S/C17H19NS/c1-3-17(13-14-9-5-4-6-10-14)18(2)15-11-7-8-12-16(15)19-17/h4-12H,3,13H2,1-2H3. The Balaban J connectivity index is 1.94. The molecule has 1 aliphatic rings. The molecule has 0 radical (unpaired) electrons. The predicted octanol–water partition coefficient (Wildman–Crippen LogP) is 4.58. The molecule has 0 aliphatic carbocycles. The van der Waals surface area contributed by atoms with Crippen molar-refractivity contribution in [3.8, 4) is 0 Å². The summed E-state index contributed by atoms with van der Waals surface area (Å²) in [5.74, 6) is 0. The molecule has 0 spiro atoms. The Morgan fingerprint density at radius 3 is 2.37 bits per heavy atom. The minimum atomic E-state index is 0.158. The minimum Gasteiger partial charge on any atom is -0.358 e. The Hall–Kier alpha value is -1.41. The van der Waals surface area contributed by atoms with E-state index in [-0.39, 0.29) is 4.87 Å². The van der Waals surface area contributed by atoms with E-state index in [4.69, 9.17) is 0 Å². The van der Waals surface area contributed by atoms with Gasteiger partial charge in [0.15, 0.2) is 0 Å². The van der Waals surface area contributed by atoms with Gasteiger partial charge in [0.25, 0.3) is 0 Å². The zero-order valence-electron chi connectivity index (χ0n) is 11.5. The molecule has 2 aromatic rings. The van der Waals surface area contributed by atoms with Gasteiger partial charge in [-0.2, -0.15) is 0 Å². The summed E-state index contributed by atoms with van der Waals surface area (Å²) in [5, 5.41) is 0. The summed E-state index contributed by atoms with van der Waals surface area (Å²) < 4.78 is 0. The van der Waals surface area contributed by atoms with Gasteiger partial charge in [0, 0.05) is 18.4 Å². The lowest BCUT2D eigenvalue weighted by Crippen LogP contribution is -2.41. The lowest BCUT2D eigenvalue weighted by Gasteiger charge is -2.36. The number of nitrogens with zero attached hydrogens (tertiary/aromatic N) is 1. The maximum Gasteiger partial charge on any atom is 0.0941 e. The fourth-order valence-electron chi connectivity index (χ4n) is 2.82. The summed E-state index contributed by atoms with van der Waals surface area (Å²) in [7, 11) is 2.23. The number of para-hydroxylation sites is 1. The van der Waals surface area contributed by atoms with Crippen LogP contribution >= 0.6 is 11.8 Å². The van der Waals surface area contributed by atoms with Crippen molar-refractivity contribution in [3.05, 3.63) is 60.2 Å². The fourth-order valence-corrected chi connectivity index (χ4v) is 4.30. The van der Waals surface area contributed by atoms with Gasteiger partial charge in [-0.15, -0.1) is 0 Å². The summed E-state index contributed by atoms with van der Waals surface area (Å²) in [6.07, 6.45) is 2.22. The molecule has 1 nitrogen and oxygen atoms in total. The highest BCUT2D eigenvalue weighted by Crippen LogP contribution is 2.52. The van der Waals surface area contributed by atoms with E-state index in [1.54, 1.807) is 0 Å². The number of likely N-dealkylation sites (N-methyl/N-ethyl adjacent to an activating group) is 1. The number of hydrogen-bond donors (Lipinski definition) is 0. The third-order valence-electron chi connectivity index (χ3n) is 4.01. The van der Waals surface area contributed by atoms with E-state index in [2.05, 4.69) is 73.5 Å². The summed E-state index contributed by atoms with van der Waals surface area (Å²) in [5.41, 5.74) is 2.78. The molecule has 98 valence electrons. The van der Waals surface area contributed by atoms with E-state index in [0.29, 0.717) is 0 Å². The fraction of sp³-hybridized carbons (Fsp3) is 0.294. The average molecular weight is 269 g/mol. The number of fused-ring (bicyclic) bond motifs is 1. The van der Waals surface area contributed by atoms with Crippen LogP contribution in [0.15, 0.2) is 59.5 Å². The van der Waals surface area contributed by atoms with Gasteiger partial charge in [0.2, 0.25) is 0 Å². The quantitative estimate of drug-likeness (QED) is 0.802. The van der Waals surface area contributed by atoms with E-state index in [1.165, 1.54) is 16.1 Å². The van der Waals surface area contributed by atoms with Gasteiger partial charge in [-0.1, -0.05) is 61.2 Å². The maximum atomic E-state index is 2.46. The van der Waals surface area contributed by atoms with Crippen LogP contribution in [0.2, 0.25) is 0 Å². The lowest BCUT2D eigenvalue weighted by molar-refractivity contribution is 0.561. The molecule has 0 saturated heterocycles. The zero-order valence-corrected chi connectivity index (χ0v) is 12.3. The van der Waals surface area contributed by atoms with Crippen LogP contribution in [-0.4, -0.2) is 11.9 Å². The van der Waals surface area contributed by atoms with Crippen LogP contribution < -0.4 is 4.90 Å². The van der Waals surface area contributed by atoms with Crippen molar-refractivity contribution in [1.29, 1.82) is 0 Å². The summed E-state index contributed by atoms with van der Waals surface area (Å²) in [4.78, 5) is 4.02. The van der Waals surface area contributed by atoms with E-state index < -0.39 is 0 Å². The second-order valence-electron chi connectivity index (χ2n) is 5.09. The van der Waals surface area contributed by atoms with Crippen LogP contribution in [0.4, 0.5) is 5.69 Å². The third kappa shape index (κ3) is 2.14. The molecule has 1 aliphatic heterocycles. The van der Waals surface area contributed by atoms with Gasteiger partial charge in [0.1, 0.15) is 0 Å². The summed E-state index contributed by atoms with van der Waals surface area (Å²) >= 11 is 2.01. The van der Waals surface area contributed by atoms with Crippen molar-refractivity contribution in [2.75, 3.05) is 11.9 Å². The smallest absolute Gasteiger partial charge is 0.0941 e. The average Bonchev–Trinajstić information content (AvgIpc) is 2.74. The molecule has 1 unspecified atom stereocenters. The van der Waals surface area contributed by atoms with Gasteiger partial charge in [0.05, 0.1) is 10.6 Å². The Morgan fingerprint density at radius 2 is 1.68 bits per heavy atom. The van der Waals surface area contributed by atoms with Gasteiger partial charge in [-0.3, -0.25) is 0 Å². The first-order valence-corrected chi connectivity index (χ1v) is 7.62. The van der Waals surface area contributed by atoms with Gasteiger partial charge < -0.3 is 4.90 Å². The normalized spacial score (nSPS) is 21.5. The lowest BCUT2D eigenvalue weighted by atomic mass is 10.0. The number of benzene rings is 2. The highest BCUT2D eigenvalue weighted by Gasteiger charge is 2.40. The van der Waals surface area contributed by atoms with Crippen molar-refractivity contribution in [2.24, 2.45) is 0 Å². The summed E-state index contributed by atoms with van der Waals surface area (Å²) in [6, 6.07) is 19.5. The molecule has 1 heterocycles. The molecule has 0 N–H and O–H groups in total. The molecule has 2 heteroatoms. The van der Waals surface area contributed by atoms with E-state index in [1.807, 2.05) is 11.8 Å². The van der Waals surface area contributed by atoms with E-state index in [9.17, 15) is 0 Å². The van der Waals surface area contributed by atoms with Crippen LogP contribution in [0.25, 0.3) is 0 Å². The Morgan fingerprint density at radius 1 is 1.00 bits per heavy atom. The molecule has 0 bridgehead atoms. The maximum absolute atomic E-state index is 2.46. The molecular formula is C17H19NS. The Kier molecular flexibility index (Phi) is 3.28. The molecule has 0 amide bonds. The van der Waals surface area contributed by atoms with Gasteiger partial charge in [-0.25, -0.2) is 0 Å². The predicted molar refractivity (Wildman–Crippen MR) is 83.9 cm³/mol. The largest absolute Gasteiger partial charge is 0.358 e. The molecule has 0 fully saturated rings. The van der Waals surface area contributed by atoms with Crippen LogP contribution in [0, 0.1) is 0 Å². The topological polar surface area (TPSA) is 3.24 Å². The molecule has 3 rings (SSSR count). The Bertz CT molecular complexity index is 566. The van der Waals surface area contributed by atoms with Crippen molar-refractivity contribution >= 4 is 17.4 Å². The first-order valence-electron chi connectivity index (χ1n) is 6.81. The molecule has 1 atom stereocenters. The highest BCUT2D eigenvalue weighted by atomic mass is 32.2. The monoisotopic (exact) mass is 269 g/mol. The molecule has 0 aromatic heterocycles. The SMILES string of the molecule is CCC1(Cc2ccccc2)Sc2ccccc2N1C. The molecular weight excluding hydrogens is 250 g/mol. The van der Waals surface area contributed by atoms with Crippen LogP contribution in [0.3, 0.4) is 0 Å². The Labute approximate surface area is 119 Å². The molecule has 19 heavy (non-hydrogen) atoms.